The number of non-ortho nitro benzene ring substituents is 1. The van der Waals surface area contributed by atoms with Crippen LogP contribution in [-0.2, 0) is 19.2 Å². The van der Waals surface area contributed by atoms with Crippen LogP contribution in [0.15, 0.2) is 54.6 Å². The topological polar surface area (TPSA) is 136 Å². The van der Waals surface area contributed by atoms with Crippen molar-refractivity contribution in [1.29, 1.82) is 0 Å². The largest absolute Gasteiger partial charge is 0.494 e. The number of amides is 3. The second kappa shape index (κ2) is 9.49. The van der Waals surface area contributed by atoms with Gasteiger partial charge >= 0.3 is 5.97 Å². The number of imide groups is 1. The third-order valence-electron chi connectivity index (χ3n) is 6.93. The van der Waals surface area contributed by atoms with Gasteiger partial charge in [0, 0.05) is 25.1 Å². The monoisotopic (exact) mass is 505 g/mol. The van der Waals surface area contributed by atoms with E-state index in [2.05, 4.69) is 0 Å². The molecule has 0 saturated carbocycles. The van der Waals surface area contributed by atoms with Crippen LogP contribution >= 0.6 is 0 Å². The summed E-state index contributed by atoms with van der Waals surface area (Å²) < 4.78 is 10.8. The van der Waals surface area contributed by atoms with Gasteiger partial charge in [0.15, 0.2) is 0 Å². The number of allylic oxidation sites excluding steroid dienone is 2. The molecule has 3 amide bonds. The van der Waals surface area contributed by atoms with Crippen molar-refractivity contribution in [2.75, 3.05) is 23.5 Å². The van der Waals surface area contributed by atoms with E-state index in [1.165, 1.54) is 42.3 Å². The molecule has 11 nitrogen and oxygen atoms in total. The first-order valence-electron chi connectivity index (χ1n) is 11.8. The van der Waals surface area contributed by atoms with Crippen molar-refractivity contribution in [2.45, 2.75) is 19.3 Å². The number of benzene rings is 2. The number of hydrogen-bond donors (Lipinski definition) is 0. The SMILES string of the molecule is COc1cc([N+](=O)[O-])ccc1N1C[C@H](C(=O)Oc2cccc(N3C(=O)[C@H]4CC=CC[C@H]4C3=O)c2)CC1=O. The minimum atomic E-state index is -0.792. The lowest BCUT2D eigenvalue weighted by Gasteiger charge is -2.19. The fourth-order valence-electron chi connectivity index (χ4n) is 5.04. The van der Waals surface area contributed by atoms with E-state index >= 15 is 0 Å². The molecular formula is C26H23N3O8. The van der Waals surface area contributed by atoms with Gasteiger partial charge in [-0.05, 0) is 31.0 Å². The van der Waals surface area contributed by atoms with E-state index in [0.29, 0.717) is 24.2 Å². The summed E-state index contributed by atoms with van der Waals surface area (Å²) in [6.45, 7) is 0.00495. The highest BCUT2D eigenvalue weighted by molar-refractivity contribution is 6.22. The first-order valence-corrected chi connectivity index (χ1v) is 11.8. The highest BCUT2D eigenvalue weighted by Gasteiger charge is 2.48. The molecule has 0 radical (unpaired) electrons. The highest BCUT2D eigenvalue weighted by atomic mass is 16.6. The summed E-state index contributed by atoms with van der Waals surface area (Å²) >= 11 is 0. The molecule has 0 bridgehead atoms. The Bertz CT molecular complexity index is 1330. The summed E-state index contributed by atoms with van der Waals surface area (Å²) in [7, 11) is 1.34. The van der Waals surface area contributed by atoms with E-state index in [1.807, 2.05) is 12.2 Å². The number of nitro groups is 1. The van der Waals surface area contributed by atoms with Gasteiger partial charge in [-0.25, -0.2) is 4.90 Å². The number of anilines is 2. The Balaban J connectivity index is 1.30. The lowest BCUT2D eigenvalue weighted by Crippen LogP contribution is -2.31. The van der Waals surface area contributed by atoms with Crippen LogP contribution in [0.4, 0.5) is 17.1 Å². The molecule has 3 atom stereocenters. The number of ether oxygens (including phenoxy) is 2. The molecule has 2 saturated heterocycles. The van der Waals surface area contributed by atoms with Gasteiger partial charge in [0.2, 0.25) is 17.7 Å². The molecule has 1 aliphatic carbocycles. The molecule has 11 heteroatoms. The molecule has 0 unspecified atom stereocenters. The van der Waals surface area contributed by atoms with Crippen molar-refractivity contribution >= 4 is 40.8 Å². The van der Waals surface area contributed by atoms with E-state index < -0.39 is 16.8 Å². The van der Waals surface area contributed by atoms with Gasteiger partial charge < -0.3 is 14.4 Å². The molecule has 0 spiro atoms. The Kier molecular flexibility index (Phi) is 6.20. The highest BCUT2D eigenvalue weighted by Crippen LogP contribution is 2.39. The van der Waals surface area contributed by atoms with Gasteiger partial charge in [0.1, 0.15) is 11.5 Å². The summed E-state index contributed by atoms with van der Waals surface area (Å²) in [4.78, 5) is 64.4. The van der Waals surface area contributed by atoms with Gasteiger partial charge in [0.25, 0.3) is 5.69 Å². The minimum absolute atomic E-state index is 0.00495. The zero-order valence-corrected chi connectivity index (χ0v) is 19.9. The van der Waals surface area contributed by atoms with Crippen molar-refractivity contribution in [3.63, 3.8) is 0 Å². The van der Waals surface area contributed by atoms with Gasteiger partial charge in [-0.3, -0.25) is 29.3 Å². The number of hydrogen-bond acceptors (Lipinski definition) is 8. The predicted octanol–water partition coefficient (Wildman–Crippen LogP) is 3.02. The summed E-state index contributed by atoms with van der Waals surface area (Å²) in [6, 6.07) is 10.1. The van der Waals surface area contributed by atoms with Crippen molar-refractivity contribution in [1.82, 2.24) is 0 Å². The Morgan fingerprint density at radius 2 is 1.73 bits per heavy atom. The quantitative estimate of drug-likeness (QED) is 0.146. The number of carbonyl (C=O) groups excluding carboxylic acids is 4. The summed E-state index contributed by atoms with van der Waals surface area (Å²) in [5, 5.41) is 11.1. The molecule has 37 heavy (non-hydrogen) atoms. The van der Waals surface area contributed by atoms with E-state index in [1.54, 1.807) is 12.1 Å². The third-order valence-corrected chi connectivity index (χ3v) is 6.93. The van der Waals surface area contributed by atoms with Crippen LogP contribution < -0.4 is 19.3 Å². The van der Waals surface area contributed by atoms with Gasteiger partial charge in [-0.2, -0.15) is 0 Å². The number of esters is 1. The average Bonchev–Trinajstić information content (AvgIpc) is 3.41. The number of nitro benzene ring substituents is 1. The molecule has 2 aliphatic heterocycles. The zero-order valence-electron chi connectivity index (χ0n) is 19.9. The Hall–Kier alpha value is -4.54. The molecule has 2 aromatic rings. The van der Waals surface area contributed by atoms with Crippen LogP contribution in [-0.4, -0.2) is 42.3 Å². The molecule has 0 N–H and O–H groups in total. The standard InChI is InChI=1S/C26H23N3O8/c1-36-22-13-17(29(34)35)9-10-21(22)27-14-15(11-23(27)30)26(33)37-18-6-4-5-16(12-18)28-24(31)19-7-2-3-8-20(19)25(28)32/h2-6,9-10,12-13,15,19-20H,7-8,11,14H2,1H3/t15-,19-,20+/m1/s1. The van der Waals surface area contributed by atoms with Crippen LogP contribution in [0.2, 0.25) is 0 Å². The molecule has 190 valence electrons. The van der Waals surface area contributed by atoms with Crippen LogP contribution in [0, 0.1) is 27.9 Å². The predicted molar refractivity (Wildman–Crippen MR) is 130 cm³/mol. The molecule has 5 rings (SSSR count). The number of fused-ring (bicyclic) bond motifs is 1. The lowest BCUT2D eigenvalue weighted by molar-refractivity contribution is -0.384. The molecule has 0 aromatic heterocycles. The maximum absolute atomic E-state index is 12.9. The molecule has 3 aliphatic rings. The number of nitrogens with zero attached hydrogens (tertiary/aromatic N) is 3. The normalized spacial score (nSPS) is 22.8. The lowest BCUT2D eigenvalue weighted by atomic mass is 9.85. The fraction of sp³-hybridized carbons (Fsp3) is 0.308. The van der Waals surface area contributed by atoms with Gasteiger partial charge in [0.05, 0.1) is 47.2 Å². The maximum Gasteiger partial charge on any atom is 0.316 e. The summed E-state index contributed by atoms with van der Waals surface area (Å²) in [5.74, 6) is -2.80. The number of rotatable bonds is 6. The van der Waals surface area contributed by atoms with E-state index in [4.69, 9.17) is 9.47 Å². The Morgan fingerprint density at radius 3 is 2.38 bits per heavy atom. The zero-order chi connectivity index (χ0) is 26.3. The molecule has 2 aromatic carbocycles. The molecule has 2 fully saturated rings. The second-order valence-corrected chi connectivity index (χ2v) is 9.10. The van der Waals surface area contributed by atoms with Crippen molar-refractivity contribution < 1.29 is 33.6 Å². The Labute approximate surface area is 211 Å². The fourth-order valence-corrected chi connectivity index (χ4v) is 5.04. The van der Waals surface area contributed by atoms with Crippen molar-refractivity contribution in [3.8, 4) is 11.5 Å². The van der Waals surface area contributed by atoms with Crippen LogP contribution in [0.25, 0.3) is 0 Å². The molecular weight excluding hydrogens is 482 g/mol. The van der Waals surface area contributed by atoms with E-state index in [-0.39, 0.29) is 59.7 Å². The average molecular weight is 505 g/mol. The van der Waals surface area contributed by atoms with Crippen molar-refractivity contribution in [2.24, 2.45) is 17.8 Å². The summed E-state index contributed by atoms with van der Waals surface area (Å²) in [6.07, 6.45) is 4.75. The van der Waals surface area contributed by atoms with Crippen LogP contribution in [0.1, 0.15) is 19.3 Å². The molecule has 2 heterocycles. The number of carbonyl (C=O) groups is 4. The second-order valence-electron chi connectivity index (χ2n) is 9.10. The summed E-state index contributed by atoms with van der Waals surface area (Å²) in [5.41, 5.74) is 0.459. The first kappa shape index (κ1) is 24.2. The van der Waals surface area contributed by atoms with Crippen LogP contribution in [0.3, 0.4) is 0 Å². The minimum Gasteiger partial charge on any atom is -0.494 e. The van der Waals surface area contributed by atoms with Crippen LogP contribution in [0.5, 0.6) is 11.5 Å². The van der Waals surface area contributed by atoms with Gasteiger partial charge in [-0.1, -0.05) is 18.2 Å². The number of methoxy groups -OCH3 is 1. The van der Waals surface area contributed by atoms with Crippen molar-refractivity contribution in [3.05, 3.63) is 64.7 Å². The Morgan fingerprint density at radius 1 is 1.03 bits per heavy atom. The first-order chi connectivity index (χ1) is 17.8. The van der Waals surface area contributed by atoms with E-state index in [0.717, 1.165) is 4.90 Å². The smallest absolute Gasteiger partial charge is 0.316 e. The third kappa shape index (κ3) is 4.32. The maximum atomic E-state index is 12.9. The van der Waals surface area contributed by atoms with Gasteiger partial charge in [-0.15, -0.1) is 0 Å². The van der Waals surface area contributed by atoms with E-state index in [9.17, 15) is 29.3 Å².